The molecule has 0 amide bonds. The van der Waals surface area contributed by atoms with Crippen molar-refractivity contribution in [2.24, 2.45) is 5.41 Å². The van der Waals surface area contributed by atoms with Gasteiger partial charge in [-0.3, -0.25) is 9.59 Å². The van der Waals surface area contributed by atoms with Gasteiger partial charge < -0.3 is 19.3 Å². The van der Waals surface area contributed by atoms with Crippen molar-refractivity contribution < 1.29 is 19.1 Å². The smallest absolute Gasteiger partial charge is 0.306 e. The molecule has 0 unspecified atom stereocenters. The third-order valence-corrected chi connectivity index (χ3v) is 12.9. The van der Waals surface area contributed by atoms with Gasteiger partial charge in [-0.25, -0.2) is 0 Å². The first-order valence-electron chi connectivity index (χ1n) is 23.3. The lowest BCUT2D eigenvalue weighted by atomic mass is 9.83. The number of hydrogen-bond donors (Lipinski definition) is 0. The van der Waals surface area contributed by atoms with Crippen LogP contribution in [0.15, 0.2) is 121 Å². The Morgan fingerprint density at radius 2 is 0.908 bits per heavy atom. The first kappa shape index (κ1) is 48.5. The van der Waals surface area contributed by atoms with Crippen molar-refractivity contribution in [2.45, 2.75) is 121 Å². The van der Waals surface area contributed by atoms with Gasteiger partial charge in [-0.15, -0.1) is 0 Å². The van der Waals surface area contributed by atoms with Crippen molar-refractivity contribution in [3.8, 4) is 11.1 Å². The molecule has 6 aromatic rings. The van der Waals surface area contributed by atoms with Crippen LogP contribution in [0.4, 0.5) is 34.1 Å². The highest BCUT2D eigenvalue weighted by Gasteiger charge is 2.25. The molecule has 340 valence electrons. The van der Waals surface area contributed by atoms with Crippen LogP contribution in [0.2, 0.25) is 0 Å². The molecule has 0 bridgehead atoms. The molecule has 65 heavy (non-hydrogen) atoms. The van der Waals surface area contributed by atoms with Gasteiger partial charge in [0.15, 0.2) is 0 Å². The van der Waals surface area contributed by atoms with Gasteiger partial charge in [-0.05, 0) is 210 Å². The van der Waals surface area contributed by atoms with Crippen LogP contribution >= 0.6 is 0 Å². The third kappa shape index (κ3) is 12.4. The molecule has 6 aromatic carbocycles. The van der Waals surface area contributed by atoms with E-state index in [-0.39, 0.29) is 23.6 Å². The van der Waals surface area contributed by atoms with E-state index in [2.05, 4.69) is 180 Å². The zero-order chi connectivity index (χ0) is 47.1. The van der Waals surface area contributed by atoms with Crippen molar-refractivity contribution in [2.75, 3.05) is 23.0 Å². The Bertz CT molecular complexity index is 2600. The van der Waals surface area contributed by atoms with Crippen LogP contribution in [0.25, 0.3) is 11.1 Å². The number of carbonyl (C=O) groups excluding carboxylic acids is 2. The number of hydrogen-bond acceptors (Lipinski definition) is 6. The zero-order valence-corrected chi connectivity index (χ0v) is 41.0. The fraction of sp³-hybridized carbons (Fsp3) is 0.356. The van der Waals surface area contributed by atoms with Crippen molar-refractivity contribution in [3.05, 3.63) is 166 Å². The molecule has 6 heteroatoms. The zero-order valence-electron chi connectivity index (χ0n) is 41.0. The first-order chi connectivity index (χ1) is 30.8. The molecule has 0 N–H and O–H groups in total. The Hall–Kier alpha value is -5.98. The van der Waals surface area contributed by atoms with E-state index in [1.165, 1.54) is 33.4 Å². The van der Waals surface area contributed by atoms with E-state index in [9.17, 15) is 9.59 Å². The van der Waals surface area contributed by atoms with E-state index in [1.54, 1.807) is 0 Å². The minimum atomic E-state index is -0.289. The van der Waals surface area contributed by atoms with E-state index in [0.29, 0.717) is 31.7 Å². The molecule has 6 nitrogen and oxygen atoms in total. The number of rotatable bonds is 18. The normalized spacial score (nSPS) is 11.7. The monoisotopic (exact) mass is 871 g/mol. The van der Waals surface area contributed by atoms with Crippen LogP contribution in [0.1, 0.15) is 105 Å². The van der Waals surface area contributed by atoms with E-state index in [0.717, 1.165) is 69.2 Å². The second-order valence-electron chi connectivity index (χ2n) is 19.4. The Labute approximate surface area is 389 Å². The number of ketones is 1. The van der Waals surface area contributed by atoms with E-state index < -0.39 is 0 Å². The van der Waals surface area contributed by atoms with Crippen molar-refractivity contribution in [1.82, 2.24) is 0 Å². The molecule has 0 aliphatic heterocycles. The van der Waals surface area contributed by atoms with Gasteiger partial charge in [-0.1, -0.05) is 69.3 Å². The van der Waals surface area contributed by atoms with Crippen molar-refractivity contribution in [1.29, 1.82) is 0 Å². The lowest BCUT2D eigenvalue weighted by Gasteiger charge is -2.29. The quantitative estimate of drug-likeness (QED) is 0.0633. The summed E-state index contributed by atoms with van der Waals surface area (Å²) < 4.78 is 11.1. The van der Waals surface area contributed by atoms with Crippen LogP contribution in [0.3, 0.4) is 0 Å². The molecule has 0 saturated carbocycles. The second kappa shape index (κ2) is 20.9. The summed E-state index contributed by atoms with van der Waals surface area (Å²) in [6, 6.07) is 44.0. The number of benzene rings is 6. The molecule has 0 aliphatic rings. The van der Waals surface area contributed by atoms with Gasteiger partial charge in [0.2, 0.25) is 0 Å². The molecule has 6 rings (SSSR count). The fourth-order valence-electron chi connectivity index (χ4n) is 7.99. The standard InChI is InChI=1S/C59H70N2O4/c1-13-59(11,12)56(62)32-20-46-16-26-50(27-17-46)60(52-24-14-40(2)42(4)38-52)54-30-22-48(36-44(54)6)49-23-31-55(45(7)37-49)61(53-25-15-41(3)43(5)39-53)51-28-18-47(19-29-51)21-33-57(63)64-34-35-65-58(8,9)10/h14-19,22-31,36-39H,13,20-21,32-35H2,1-12H3. The average Bonchev–Trinajstić information content (AvgIpc) is 3.27. The highest BCUT2D eigenvalue weighted by Crippen LogP contribution is 2.42. The molecule has 0 aliphatic carbocycles. The van der Waals surface area contributed by atoms with Crippen LogP contribution < -0.4 is 9.80 Å². The highest BCUT2D eigenvalue weighted by molar-refractivity contribution is 5.85. The van der Waals surface area contributed by atoms with Crippen LogP contribution in [-0.2, 0) is 31.9 Å². The SMILES string of the molecule is CCC(C)(C)C(=O)CCc1ccc(N(c2ccc(C)c(C)c2)c2ccc(-c3ccc(N(c4ccc(CCC(=O)OCCOC(C)(C)C)cc4)c4ccc(C)c(C)c4)c(C)c3)cc2C)cc1. The molecule has 0 saturated heterocycles. The number of Topliss-reactive ketones (excluding diaryl/α,β-unsaturated/α-hetero) is 1. The van der Waals surface area contributed by atoms with Crippen molar-refractivity contribution in [3.63, 3.8) is 0 Å². The maximum Gasteiger partial charge on any atom is 0.306 e. The second-order valence-corrected chi connectivity index (χ2v) is 19.4. The summed E-state index contributed by atoms with van der Waals surface area (Å²) in [4.78, 5) is 30.1. The Balaban J connectivity index is 1.26. The number of aryl methyl sites for hydroxylation is 8. The van der Waals surface area contributed by atoms with Gasteiger partial charge in [0, 0.05) is 52.4 Å². The van der Waals surface area contributed by atoms with E-state index in [4.69, 9.17) is 9.47 Å². The Morgan fingerprint density at radius 3 is 1.31 bits per heavy atom. The predicted molar refractivity (Wildman–Crippen MR) is 272 cm³/mol. The summed E-state index contributed by atoms with van der Waals surface area (Å²) in [5.74, 6) is 0.100. The van der Waals surface area contributed by atoms with E-state index >= 15 is 0 Å². The van der Waals surface area contributed by atoms with Gasteiger partial charge in [0.25, 0.3) is 0 Å². The number of nitrogens with zero attached hydrogens (tertiary/aromatic N) is 2. The Kier molecular flexibility index (Phi) is 15.6. The summed E-state index contributed by atoms with van der Waals surface area (Å²) in [6.07, 6.45) is 3.05. The summed E-state index contributed by atoms with van der Waals surface area (Å²) in [5.41, 5.74) is 17.8. The molecule has 0 radical (unpaired) electrons. The summed E-state index contributed by atoms with van der Waals surface area (Å²) >= 11 is 0. The largest absolute Gasteiger partial charge is 0.463 e. The number of esters is 1. The molecular formula is C59H70N2O4. The lowest BCUT2D eigenvalue weighted by Crippen LogP contribution is -2.23. The number of anilines is 6. The topological polar surface area (TPSA) is 59.1 Å². The minimum absolute atomic E-state index is 0.217. The maximum atomic E-state index is 12.9. The minimum Gasteiger partial charge on any atom is -0.463 e. The van der Waals surface area contributed by atoms with Crippen LogP contribution in [-0.4, -0.2) is 30.6 Å². The molecule has 0 heterocycles. The van der Waals surface area contributed by atoms with Crippen molar-refractivity contribution >= 4 is 45.9 Å². The van der Waals surface area contributed by atoms with Gasteiger partial charge in [-0.2, -0.15) is 0 Å². The highest BCUT2D eigenvalue weighted by atomic mass is 16.6. The third-order valence-electron chi connectivity index (χ3n) is 12.9. The lowest BCUT2D eigenvalue weighted by molar-refractivity contribution is -0.146. The molecular weight excluding hydrogens is 801 g/mol. The molecule has 0 fully saturated rings. The van der Waals surface area contributed by atoms with Crippen LogP contribution in [0.5, 0.6) is 0 Å². The van der Waals surface area contributed by atoms with Gasteiger partial charge in [0.05, 0.1) is 12.2 Å². The first-order valence-corrected chi connectivity index (χ1v) is 23.3. The maximum absolute atomic E-state index is 12.9. The summed E-state index contributed by atoms with van der Waals surface area (Å²) in [6.45, 7) is 25.8. The summed E-state index contributed by atoms with van der Waals surface area (Å²) in [7, 11) is 0. The molecule has 0 atom stereocenters. The molecule has 0 aromatic heterocycles. The number of ether oxygens (including phenoxy) is 2. The van der Waals surface area contributed by atoms with Gasteiger partial charge in [0.1, 0.15) is 12.4 Å². The van der Waals surface area contributed by atoms with Crippen LogP contribution in [0, 0.1) is 47.0 Å². The van der Waals surface area contributed by atoms with E-state index in [1.807, 2.05) is 34.6 Å². The predicted octanol–water partition coefficient (Wildman–Crippen LogP) is 15.4. The molecule has 0 spiro atoms. The average molecular weight is 871 g/mol. The Morgan fingerprint density at radius 1 is 0.477 bits per heavy atom. The fourth-order valence-corrected chi connectivity index (χ4v) is 7.99. The number of carbonyl (C=O) groups is 2. The summed E-state index contributed by atoms with van der Waals surface area (Å²) in [5, 5.41) is 0. The van der Waals surface area contributed by atoms with Gasteiger partial charge >= 0.3 is 5.97 Å².